The molecule has 0 aliphatic heterocycles. The van der Waals surface area contributed by atoms with Crippen molar-refractivity contribution < 1.29 is 0 Å². The second-order valence-corrected chi connectivity index (χ2v) is 3.15. The Bertz CT molecular complexity index is 468. The molecule has 0 fully saturated rings. The number of guanidine groups is 1. The van der Waals surface area contributed by atoms with Gasteiger partial charge in [-0.2, -0.15) is 10.2 Å². The summed E-state index contributed by atoms with van der Waals surface area (Å²) in [7, 11) is 0. The number of hydrogen-bond acceptors (Lipinski definition) is 4. The van der Waals surface area contributed by atoms with Crippen LogP contribution in [0.1, 0.15) is 18.2 Å². The summed E-state index contributed by atoms with van der Waals surface area (Å²) in [4.78, 5) is 0. The molecular weight excluding hydrogens is 244 g/mol. The molecule has 1 aromatic rings. The van der Waals surface area contributed by atoms with Gasteiger partial charge in [0.05, 0.1) is 17.6 Å². The molecule has 0 spiro atoms. The number of nitrogens with zero attached hydrogens (tertiary/aromatic N) is 4. The van der Waals surface area contributed by atoms with Crippen molar-refractivity contribution in [1.82, 2.24) is 9.78 Å². The maximum atomic E-state index is 7.27. The van der Waals surface area contributed by atoms with Crippen LogP contribution >= 0.6 is 12.4 Å². The second-order valence-electron chi connectivity index (χ2n) is 3.15. The molecule has 0 aromatic carbocycles. The summed E-state index contributed by atoms with van der Waals surface area (Å²) in [5, 5.41) is 18.6. The Labute approximate surface area is 104 Å². The number of rotatable bonds is 2. The minimum Gasteiger partial charge on any atom is -0.369 e. The van der Waals surface area contributed by atoms with E-state index in [9.17, 15) is 0 Å². The van der Waals surface area contributed by atoms with Crippen LogP contribution in [0.3, 0.4) is 0 Å². The van der Waals surface area contributed by atoms with Gasteiger partial charge in [-0.3, -0.25) is 5.41 Å². The zero-order valence-corrected chi connectivity index (χ0v) is 10.3. The Balaban J connectivity index is 0.00000256. The molecular formula is C8H15ClN8. The number of aromatic nitrogens is 2. The topological polar surface area (TPSA) is 144 Å². The lowest BCUT2D eigenvalue weighted by Gasteiger charge is -2.01. The van der Waals surface area contributed by atoms with Crippen LogP contribution in [0.25, 0.3) is 0 Å². The lowest BCUT2D eigenvalue weighted by atomic mass is 10.2. The van der Waals surface area contributed by atoms with Crippen molar-refractivity contribution in [3.05, 3.63) is 17.5 Å². The molecule has 0 saturated carbocycles. The highest BCUT2D eigenvalue weighted by molar-refractivity contribution is 6.00. The lowest BCUT2D eigenvalue weighted by Crippen LogP contribution is -2.23. The number of nitrogens with one attached hydrogen (secondary N) is 1. The first-order chi connectivity index (χ1) is 7.43. The molecule has 0 aliphatic carbocycles. The molecule has 0 aliphatic rings. The second kappa shape index (κ2) is 5.85. The molecule has 0 amide bonds. The van der Waals surface area contributed by atoms with E-state index in [2.05, 4.69) is 15.3 Å². The van der Waals surface area contributed by atoms with Crippen LogP contribution in [0.5, 0.6) is 0 Å². The first kappa shape index (κ1) is 14.9. The van der Waals surface area contributed by atoms with Crippen molar-refractivity contribution >= 4 is 30.0 Å². The molecule has 1 rings (SSSR count). The minimum atomic E-state index is -0.154. The zero-order chi connectivity index (χ0) is 12.3. The van der Waals surface area contributed by atoms with Crippen molar-refractivity contribution in [1.29, 1.82) is 5.41 Å². The van der Waals surface area contributed by atoms with Crippen LogP contribution in [-0.4, -0.2) is 27.4 Å². The highest BCUT2D eigenvalue weighted by atomic mass is 35.5. The molecule has 0 unspecified atom stereocenters. The van der Waals surface area contributed by atoms with Crippen LogP contribution in [0, 0.1) is 12.3 Å². The van der Waals surface area contributed by atoms with E-state index in [0.29, 0.717) is 11.4 Å². The van der Waals surface area contributed by atoms with Crippen molar-refractivity contribution in [2.24, 2.45) is 27.4 Å². The minimum absolute atomic E-state index is 0. The standard InChI is InChI=1S/C8H14N8.ClH/c1-4(14-15-7(9)10)6-3-13-16(5(6)2)8(11)12;/h3H,1-2H3,(H3,11,12)(H4,9,10,15);1H/b14-4-;. The van der Waals surface area contributed by atoms with Gasteiger partial charge in [-0.15, -0.1) is 17.5 Å². The summed E-state index contributed by atoms with van der Waals surface area (Å²) in [5.74, 6) is -0.269. The summed E-state index contributed by atoms with van der Waals surface area (Å²) < 4.78 is 1.30. The van der Waals surface area contributed by atoms with E-state index in [0.717, 1.165) is 5.56 Å². The van der Waals surface area contributed by atoms with E-state index in [-0.39, 0.29) is 24.3 Å². The Morgan fingerprint density at radius 1 is 1.35 bits per heavy atom. The molecule has 1 aromatic heterocycles. The average molecular weight is 259 g/mol. The Kier molecular flexibility index (Phi) is 5.13. The zero-order valence-electron chi connectivity index (χ0n) is 9.51. The van der Waals surface area contributed by atoms with E-state index in [1.165, 1.54) is 4.68 Å². The third kappa shape index (κ3) is 3.45. The normalized spacial score (nSPS) is 10.6. The van der Waals surface area contributed by atoms with Gasteiger partial charge >= 0.3 is 0 Å². The molecule has 0 bridgehead atoms. The van der Waals surface area contributed by atoms with Gasteiger partial charge in [0.25, 0.3) is 0 Å². The maximum Gasteiger partial charge on any atom is 0.213 e. The fourth-order valence-corrected chi connectivity index (χ4v) is 1.19. The molecule has 17 heavy (non-hydrogen) atoms. The summed E-state index contributed by atoms with van der Waals surface area (Å²) in [6, 6.07) is 0. The lowest BCUT2D eigenvalue weighted by molar-refractivity contribution is 0.877. The maximum absolute atomic E-state index is 7.27. The molecule has 0 saturated heterocycles. The summed E-state index contributed by atoms with van der Waals surface area (Å²) in [6.07, 6.45) is 1.55. The Morgan fingerprint density at radius 2 is 1.94 bits per heavy atom. The third-order valence-electron chi connectivity index (χ3n) is 1.94. The fourth-order valence-electron chi connectivity index (χ4n) is 1.19. The Morgan fingerprint density at radius 3 is 2.35 bits per heavy atom. The van der Waals surface area contributed by atoms with Gasteiger partial charge in [-0.1, -0.05) is 0 Å². The summed E-state index contributed by atoms with van der Waals surface area (Å²) in [6.45, 7) is 3.51. The highest BCUT2D eigenvalue weighted by Crippen LogP contribution is 2.08. The third-order valence-corrected chi connectivity index (χ3v) is 1.94. The molecule has 8 nitrogen and oxygen atoms in total. The van der Waals surface area contributed by atoms with Crippen molar-refractivity contribution in [3.63, 3.8) is 0 Å². The molecule has 9 heteroatoms. The first-order valence-corrected chi connectivity index (χ1v) is 4.46. The molecule has 1 heterocycles. The fraction of sp³-hybridized carbons (Fsp3) is 0.250. The summed E-state index contributed by atoms with van der Waals surface area (Å²) in [5.41, 5.74) is 17.7. The van der Waals surface area contributed by atoms with Gasteiger partial charge in [0.2, 0.25) is 11.9 Å². The van der Waals surface area contributed by atoms with Gasteiger partial charge in [-0.05, 0) is 13.8 Å². The SMILES string of the molecule is C/C(=N/N=C(N)N)c1cnn(C(=N)N)c1C.Cl. The molecule has 94 valence electrons. The van der Waals surface area contributed by atoms with Crippen LogP contribution in [0.15, 0.2) is 16.4 Å². The monoisotopic (exact) mass is 258 g/mol. The average Bonchev–Trinajstić information content (AvgIpc) is 2.56. The van der Waals surface area contributed by atoms with E-state index in [4.69, 9.17) is 22.6 Å². The van der Waals surface area contributed by atoms with Gasteiger partial charge < -0.3 is 17.2 Å². The van der Waals surface area contributed by atoms with E-state index in [1.54, 1.807) is 20.0 Å². The van der Waals surface area contributed by atoms with Crippen LogP contribution in [0.4, 0.5) is 0 Å². The predicted molar refractivity (Wildman–Crippen MR) is 69.5 cm³/mol. The largest absolute Gasteiger partial charge is 0.369 e. The van der Waals surface area contributed by atoms with Crippen molar-refractivity contribution in [2.45, 2.75) is 13.8 Å². The van der Waals surface area contributed by atoms with E-state index >= 15 is 0 Å². The van der Waals surface area contributed by atoms with Gasteiger partial charge in [0, 0.05) is 5.56 Å². The smallest absolute Gasteiger partial charge is 0.213 e. The first-order valence-electron chi connectivity index (χ1n) is 4.46. The van der Waals surface area contributed by atoms with E-state index < -0.39 is 0 Å². The molecule has 0 atom stereocenters. The van der Waals surface area contributed by atoms with Crippen molar-refractivity contribution in [2.75, 3.05) is 0 Å². The predicted octanol–water partition coefficient (Wildman–Crippen LogP) is -0.648. The molecule has 0 radical (unpaired) electrons. The number of hydrogen-bond donors (Lipinski definition) is 4. The quantitative estimate of drug-likeness (QED) is 0.317. The number of nitrogen functional groups attached to an aromatic ring is 1. The molecule has 7 N–H and O–H groups in total. The van der Waals surface area contributed by atoms with Gasteiger partial charge in [-0.25, -0.2) is 4.68 Å². The van der Waals surface area contributed by atoms with Crippen molar-refractivity contribution in [3.8, 4) is 0 Å². The Hall–Kier alpha value is -2.09. The van der Waals surface area contributed by atoms with Crippen LogP contribution < -0.4 is 17.2 Å². The van der Waals surface area contributed by atoms with Crippen LogP contribution in [0.2, 0.25) is 0 Å². The number of nitrogens with two attached hydrogens (primary N) is 3. The van der Waals surface area contributed by atoms with E-state index in [1.807, 2.05) is 0 Å². The summed E-state index contributed by atoms with van der Waals surface area (Å²) >= 11 is 0. The van der Waals surface area contributed by atoms with Crippen LogP contribution in [-0.2, 0) is 0 Å². The number of halogens is 1. The van der Waals surface area contributed by atoms with Gasteiger partial charge in [0.1, 0.15) is 0 Å². The highest BCUT2D eigenvalue weighted by Gasteiger charge is 2.10. The van der Waals surface area contributed by atoms with Gasteiger partial charge in [0.15, 0.2) is 0 Å².